The number of amides is 1. The Bertz CT molecular complexity index is 527. The van der Waals surface area contributed by atoms with Gasteiger partial charge in [-0.2, -0.15) is 0 Å². The van der Waals surface area contributed by atoms with Gasteiger partial charge in [0.25, 0.3) is 0 Å². The van der Waals surface area contributed by atoms with Crippen LogP contribution in [0.1, 0.15) is 19.4 Å². The molecule has 1 aliphatic carbocycles. The van der Waals surface area contributed by atoms with Crippen LogP contribution in [0.15, 0.2) is 24.3 Å². The Morgan fingerprint density at radius 3 is 2.58 bits per heavy atom. The lowest BCUT2D eigenvalue weighted by atomic mass is 10.1. The van der Waals surface area contributed by atoms with E-state index in [2.05, 4.69) is 5.32 Å². The number of rotatable bonds is 4. The van der Waals surface area contributed by atoms with E-state index in [4.69, 9.17) is 16.7 Å². The minimum atomic E-state index is -0.909. The van der Waals surface area contributed by atoms with Gasteiger partial charge in [0, 0.05) is 11.6 Å². The first-order chi connectivity index (χ1) is 8.84. The molecule has 0 aromatic heterocycles. The predicted octanol–water partition coefficient (Wildman–Crippen LogP) is 2.31. The Labute approximate surface area is 116 Å². The van der Waals surface area contributed by atoms with Crippen LogP contribution < -0.4 is 5.32 Å². The van der Waals surface area contributed by atoms with Crippen molar-refractivity contribution in [1.29, 1.82) is 0 Å². The molecule has 1 aromatic rings. The molecule has 0 bridgehead atoms. The van der Waals surface area contributed by atoms with Crippen molar-refractivity contribution in [3.05, 3.63) is 34.9 Å². The minimum absolute atomic E-state index is 0.211. The van der Waals surface area contributed by atoms with Gasteiger partial charge in [0.1, 0.15) is 0 Å². The maximum absolute atomic E-state index is 12.0. The molecule has 1 saturated carbocycles. The summed E-state index contributed by atoms with van der Waals surface area (Å²) in [6.07, 6.45) is 0. The van der Waals surface area contributed by atoms with Gasteiger partial charge in [-0.05, 0) is 23.1 Å². The molecular formula is C14H16ClNO3. The van der Waals surface area contributed by atoms with Crippen molar-refractivity contribution in [2.45, 2.75) is 20.4 Å². The molecule has 0 radical (unpaired) electrons. The lowest BCUT2D eigenvalue weighted by molar-refractivity contribution is -0.140. The van der Waals surface area contributed by atoms with Crippen molar-refractivity contribution >= 4 is 23.5 Å². The van der Waals surface area contributed by atoms with Gasteiger partial charge < -0.3 is 10.4 Å². The number of nitrogens with one attached hydrogen (secondary N) is 1. The van der Waals surface area contributed by atoms with Gasteiger partial charge in [-0.1, -0.05) is 37.6 Å². The van der Waals surface area contributed by atoms with Crippen LogP contribution in [0.3, 0.4) is 0 Å². The van der Waals surface area contributed by atoms with Crippen LogP contribution in [0.5, 0.6) is 0 Å². The summed E-state index contributed by atoms with van der Waals surface area (Å²) in [6.45, 7) is 3.96. The second-order valence-electron chi connectivity index (χ2n) is 5.46. The Morgan fingerprint density at radius 2 is 2.05 bits per heavy atom. The van der Waals surface area contributed by atoms with E-state index >= 15 is 0 Å². The van der Waals surface area contributed by atoms with Gasteiger partial charge in [0.05, 0.1) is 11.8 Å². The summed E-state index contributed by atoms with van der Waals surface area (Å²) in [4.78, 5) is 23.0. The molecular weight excluding hydrogens is 266 g/mol. The molecule has 0 saturated heterocycles. The van der Waals surface area contributed by atoms with Crippen LogP contribution in [0.4, 0.5) is 0 Å². The molecule has 1 fully saturated rings. The van der Waals surface area contributed by atoms with Crippen LogP contribution in [0, 0.1) is 17.3 Å². The Hall–Kier alpha value is -1.55. The Balaban J connectivity index is 1.95. The molecule has 0 unspecified atom stereocenters. The second kappa shape index (κ2) is 4.85. The van der Waals surface area contributed by atoms with E-state index in [9.17, 15) is 9.59 Å². The zero-order valence-electron chi connectivity index (χ0n) is 10.8. The number of aliphatic carboxylic acids is 1. The van der Waals surface area contributed by atoms with Crippen LogP contribution >= 0.6 is 11.6 Å². The van der Waals surface area contributed by atoms with E-state index in [0.717, 1.165) is 5.56 Å². The summed E-state index contributed by atoms with van der Waals surface area (Å²) in [5, 5.41) is 12.4. The fourth-order valence-corrected chi connectivity index (χ4v) is 2.75. The third kappa shape index (κ3) is 2.73. The number of hydrogen-bond acceptors (Lipinski definition) is 2. The first kappa shape index (κ1) is 13.9. The Kier molecular flexibility index (Phi) is 3.54. The lowest BCUT2D eigenvalue weighted by Crippen LogP contribution is -2.26. The summed E-state index contributed by atoms with van der Waals surface area (Å²) in [7, 11) is 0. The maximum atomic E-state index is 12.0. The third-order valence-electron chi connectivity index (χ3n) is 3.73. The smallest absolute Gasteiger partial charge is 0.307 e. The van der Waals surface area contributed by atoms with Gasteiger partial charge in [-0.3, -0.25) is 9.59 Å². The number of carboxylic acid groups (broad SMARTS) is 1. The molecule has 2 atom stereocenters. The Morgan fingerprint density at radius 1 is 1.37 bits per heavy atom. The van der Waals surface area contributed by atoms with Gasteiger partial charge in [0.2, 0.25) is 5.91 Å². The van der Waals surface area contributed by atoms with Gasteiger partial charge >= 0.3 is 5.97 Å². The number of carbonyl (C=O) groups is 2. The SMILES string of the molecule is CC1(C)[C@H](C(=O)O)[C@@H]1C(=O)NCc1cccc(Cl)c1. The molecule has 4 nitrogen and oxygen atoms in total. The highest BCUT2D eigenvalue weighted by Crippen LogP contribution is 2.58. The van der Waals surface area contributed by atoms with Crippen molar-refractivity contribution in [1.82, 2.24) is 5.32 Å². The van der Waals surface area contributed by atoms with Crippen molar-refractivity contribution < 1.29 is 14.7 Å². The van der Waals surface area contributed by atoms with Gasteiger partial charge in [-0.15, -0.1) is 0 Å². The van der Waals surface area contributed by atoms with Crippen molar-refractivity contribution in [2.24, 2.45) is 17.3 Å². The quantitative estimate of drug-likeness (QED) is 0.890. The second-order valence-corrected chi connectivity index (χ2v) is 5.90. The number of carbonyl (C=O) groups excluding carboxylic acids is 1. The van der Waals surface area contributed by atoms with Crippen molar-refractivity contribution in [2.75, 3.05) is 0 Å². The molecule has 2 N–H and O–H groups in total. The van der Waals surface area contributed by atoms with Crippen LogP contribution in [-0.2, 0) is 16.1 Å². The molecule has 102 valence electrons. The molecule has 1 aliphatic rings. The van der Waals surface area contributed by atoms with E-state index in [0.29, 0.717) is 11.6 Å². The number of carboxylic acids is 1. The highest BCUT2D eigenvalue weighted by Gasteiger charge is 2.65. The number of benzene rings is 1. The van der Waals surface area contributed by atoms with E-state index in [-0.39, 0.29) is 5.91 Å². The van der Waals surface area contributed by atoms with Gasteiger partial charge in [0.15, 0.2) is 0 Å². The average molecular weight is 282 g/mol. The molecule has 19 heavy (non-hydrogen) atoms. The minimum Gasteiger partial charge on any atom is -0.481 e. The third-order valence-corrected chi connectivity index (χ3v) is 3.97. The maximum Gasteiger partial charge on any atom is 0.307 e. The van der Waals surface area contributed by atoms with Crippen LogP contribution in [0.2, 0.25) is 5.02 Å². The summed E-state index contributed by atoms with van der Waals surface area (Å²) in [6, 6.07) is 7.20. The van der Waals surface area contributed by atoms with Crippen molar-refractivity contribution in [3.8, 4) is 0 Å². The fraction of sp³-hybridized carbons (Fsp3) is 0.429. The highest BCUT2D eigenvalue weighted by molar-refractivity contribution is 6.30. The zero-order valence-corrected chi connectivity index (χ0v) is 11.6. The summed E-state index contributed by atoms with van der Waals surface area (Å²) >= 11 is 5.85. The van der Waals surface area contributed by atoms with E-state index < -0.39 is 23.2 Å². The summed E-state index contributed by atoms with van der Waals surface area (Å²) in [5.41, 5.74) is 0.427. The molecule has 0 heterocycles. The average Bonchev–Trinajstić information content (AvgIpc) is 2.90. The standard InChI is InChI=1S/C14H16ClNO3/c1-14(2)10(11(14)13(18)19)12(17)16-7-8-4-3-5-9(15)6-8/h3-6,10-11H,7H2,1-2H3,(H,16,17)(H,18,19)/t10-,11+/m1/s1. The molecule has 1 aromatic carbocycles. The van der Waals surface area contributed by atoms with Crippen LogP contribution in [0.25, 0.3) is 0 Å². The molecule has 1 amide bonds. The normalized spacial score (nSPS) is 23.7. The fourth-order valence-electron chi connectivity index (χ4n) is 2.53. The lowest BCUT2D eigenvalue weighted by Gasteiger charge is -2.06. The predicted molar refractivity (Wildman–Crippen MR) is 71.7 cm³/mol. The number of halogens is 1. The molecule has 0 aliphatic heterocycles. The van der Waals surface area contributed by atoms with E-state index in [1.54, 1.807) is 26.0 Å². The molecule has 5 heteroatoms. The zero-order chi connectivity index (χ0) is 14.2. The monoisotopic (exact) mass is 281 g/mol. The topological polar surface area (TPSA) is 66.4 Å². The van der Waals surface area contributed by atoms with E-state index in [1.807, 2.05) is 12.1 Å². The largest absolute Gasteiger partial charge is 0.481 e. The molecule has 0 spiro atoms. The first-order valence-corrected chi connectivity index (χ1v) is 6.47. The van der Waals surface area contributed by atoms with E-state index in [1.165, 1.54) is 0 Å². The summed E-state index contributed by atoms with van der Waals surface area (Å²) in [5.74, 6) is -2.17. The highest BCUT2D eigenvalue weighted by atomic mass is 35.5. The van der Waals surface area contributed by atoms with Gasteiger partial charge in [-0.25, -0.2) is 0 Å². The number of hydrogen-bond donors (Lipinski definition) is 2. The first-order valence-electron chi connectivity index (χ1n) is 6.09. The van der Waals surface area contributed by atoms with Crippen molar-refractivity contribution in [3.63, 3.8) is 0 Å². The molecule has 2 rings (SSSR count). The van der Waals surface area contributed by atoms with Crippen LogP contribution in [-0.4, -0.2) is 17.0 Å². The summed E-state index contributed by atoms with van der Waals surface area (Å²) < 4.78 is 0.